The molecule has 2 aromatic heterocycles. The molecule has 4 rings (SSSR count). The summed E-state index contributed by atoms with van der Waals surface area (Å²) >= 11 is 0. The first kappa shape index (κ1) is 21.2. The van der Waals surface area contributed by atoms with Gasteiger partial charge in [-0.1, -0.05) is 63.6 Å². The molecule has 2 aromatic carbocycles. The molecule has 0 aliphatic rings. The minimum absolute atomic E-state index is 0.0231. The average molecular weight is 402 g/mol. The van der Waals surface area contributed by atoms with E-state index in [-0.39, 0.29) is 5.91 Å². The molecule has 0 unspecified atom stereocenters. The lowest BCUT2D eigenvalue weighted by Gasteiger charge is -2.07. The van der Waals surface area contributed by atoms with Crippen LogP contribution < -0.4 is 0 Å². The predicted octanol–water partition coefficient (Wildman–Crippen LogP) is 5.94. The fraction of sp³-hybridized carbons (Fsp3) is 0.250. The Labute approximate surface area is 176 Å². The molecule has 0 amide bonds. The number of tetrazole rings is 1. The largest absolute Gasteiger partial charge is 0.276 e. The average Bonchev–Trinajstić information content (AvgIpc) is 3.44. The molecule has 0 saturated carbocycles. The van der Waals surface area contributed by atoms with Gasteiger partial charge in [0, 0.05) is 21.9 Å². The number of unbranched alkanes of at least 4 members (excludes halogenated alkanes) is 1. The van der Waals surface area contributed by atoms with Gasteiger partial charge in [-0.05, 0) is 42.8 Å². The summed E-state index contributed by atoms with van der Waals surface area (Å²) in [6.45, 7) is 8.03. The van der Waals surface area contributed by atoms with E-state index in [9.17, 15) is 4.79 Å². The lowest BCUT2D eigenvalue weighted by atomic mass is 10.1. The van der Waals surface area contributed by atoms with Crippen molar-refractivity contribution in [3.63, 3.8) is 0 Å². The van der Waals surface area contributed by atoms with E-state index in [0.29, 0.717) is 11.4 Å². The minimum atomic E-state index is -0.0231. The van der Waals surface area contributed by atoms with Crippen molar-refractivity contribution in [1.82, 2.24) is 25.2 Å². The summed E-state index contributed by atoms with van der Waals surface area (Å²) < 4.78 is 1.80. The van der Waals surface area contributed by atoms with Gasteiger partial charge in [0.15, 0.2) is 0 Å². The molecule has 0 aliphatic heterocycles. The smallest absolute Gasteiger partial charge is 0.262 e. The number of hydrogen-bond acceptors (Lipinski definition) is 4. The molecule has 6 heteroatoms. The van der Waals surface area contributed by atoms with Crippen molar-refractivity contribution in [2.24, 2.45) is 0 Å². The van der Waals surface area contributed by atoms with E-state index in [4.69, 9.17) is 0 Å². The van der Waals surface area contributed by atoms with Gasteiger partial charge in [-0.15, -0.1) is 10.2 Å². The molecule has 4 aromatic rings. The summed E-state index contributed by atoms with van der Waals surface area (Å²) in [5.74, 6) is 0.507. The fourth-order valence-corrected chi connectivity index (χ4v) is 3.45. The van der Waals surface area contributed by atoms with Gasteiger partial charge in [0.2, 0.25) is 5.82 Å². The number of para-hydroxylation sites is 1. The Morgan fingerprint density at radius 3 is 2.57 bits per heavy atom. The van der Waals surface area contributed by atoms with E-state index >= 15 is 0 Å². The summed E-state index contributed by atoms with van der Waals surface area (Å²) in [7, 11) is 0. The number of fused-ring (bicyclic) bond motifs is 3. The number of carbonyl (C=O) groups excluding carboxylic acids is 1. The first-order valence-electron chi connectivity index (χ1n) is 10.4. The molecule has 30 heavy (non-hydrogen) atoms. The van der Waals surface area contributed by atoms with Crippen LogP contribution in [0.1, 0.15) is 45.3 Å². The van der Waals surface area contributed by atoms with E-state index in [0.717, 1.165) is 40.2 Å². The molecule has 1 N–H and O–H groups in total. The van der Waals surface area contributed by atoms with Crippen molar-refractivity contribution in [3.05, 3.63) is 66.3 Å². The van der Waals surface area contributed by atoms with Crippen LogP contribution in [0.25, 0.3) is 33.2 Å². The number of carbonyl (C=O) groups is 1. The van der Waals surface area contributed by atoms with Crippen LogP contribution in [0.4, 0.5) is 0 Å². The van der Waals surface area contributed by atoms with Crippen LogP contribution in [0, 0.1) is 0 Å². The van der Waals surface area contributed by atoms with Gasteiger partial charge in [-0.25, -0.2) is 0 Å². The second-order valence-electron chi connectivity index (χ2n) is 6.57. The van der Waals surface area contributed by atoms with E-state index < -0.39 is 0 Å². The molecule has 0 fully saturated rings. The number of allylic oxidation sites excluding steroid dienone is 4. The maximum Gasteiger partial charge on any atom is 0.262 e. The van der Waals surface area contributed by atoms with Gasteiger partial charge in [-0.2, -0.15) is 5.21 Å². The Morgan fingerprint density at radius 2 is 1.87 bits per heavy atom. The van der Waals surface area contributed by atoms with E-state index in [1.807, 2.05) is 81.5 Å². The number of hydrogen-bond donors (Lipinski definition) is 1. The number of rotatable bonds is 5. The number of aromatic nitrogens is 5. The lowest BCUT2D eigenvalue weighted by molar-refractivity contribution is 0.0968. The Bertz CT molecular complexity index is 1200. The summed E-state index contributed by atoms with van der Waals surface area (Å²) in [6.07, 6.45) is 7.66. The Kier molecular flexibility index (Phi) is 6.91. The SMILES string of the molecule is C/C=C\C(=C/CCC)C(=O)n1c2ccccc2c2cc(-c3nn[nH]n3)ccc21.CC. The number of nitrogens with zero attached hydrogens (tertiary/aromatic N) is 4. The Balaban J connectivity index is 0.00000124. The highest BCUT2D eigenvalue weighted by molar-refractivity contribution is 6.17. The molecular formula is C24H27N5O. The van der Waals surface area contributed by atoms with Crippen LogP contribution in [-0.4, -0.2) is 31.1 Å². The maximum atomic E-state index is 13.4. The van der Waals surface area contributed by atoms with Crippen LogP contribution in [-0.2, 0) is 0 Å². The van der Waals surface area contributed by atoms with Gasteiger partial charge in [0.05, 0.1) is 11.0 Å². The zero-order chi connectivity index (χ0) is 21.5. The zero-order valence-corrected chi connectivity index (χ0v) is 17.9. The van der Waals surface area contributed by atoms with E-state index in [2.05, 4.69) is 27.5 Å². The highest BCUT2D eigenvalue weighted by Crippen LogP contribution is 2.32. The lowest BCUT2D eigenvalue weighted by Crippen LogP contribution is -2.12. The van der Waals surface area contributed by atoms with Crippen molar-refractivity contribution in [3.8, 4) is 11.4 Å². The van der Waals surface area contributed by atoms with Gasteiger partial charge >= 0.3 is 0 Å². The number of nitrogens with one attached hydrogen (secondary N) is 1. The fourth-order valence-electron chi connectivity index (χ4n) is 3.45. The zero-order valence-electron chi connectivity index (χ0n) is 17.9. The normalized spacial score (nSPS) is 11.8. The topological polar surface area (TPSA) is 76.5 Å². The molecule has 0 atom stereocenters. The van der Waals surface area contributed by atoms with E-state index in [1.165, 1.54) is 0 Å². The van der Waals surface area contributed by atoms with Crippen LogP contribution in [0.5, 0.6) is 0 Å². The van der Waals surface area contributed by atoms with Crippen LogP contribution >= 0.6 is 0 Å². The highest BCUT2D eigenvalue weighted by Gasteiger charge is 2.18. The monoisotopic (exact) mass is 401 g/mol. The molecule has 0 bridgehead atoms. The first-order chi connectivity index (χ1) is 14.7. The number of aromatic amines is 1. The van der Waals surface area contributed by atoms with Crippen LogP contribution in [0.2, 0.25) is 0 Å². The molecule has 6 nitrogen and oxygen atoms in total. The maximum absolute atomic E-state index is 13.4. The third kappa shape index (κ3) is 3.94. The van der Waals surface area contributed by atoms with Crippen LogP contribution in [0.15, 0.2) is 66.3 Å². The molecule has 0 radical (unpaired) electrons. The van der Waals surface area contributed by atoms with Crippen LogP contribution in [0.3, 0.4) is 0 Å². The predicted molar refractivity (Wildman–Crippen MR) is 122 cm³/mol. The third-order valence-electron chi connectivity index (χ3n) is 4.73. The third-order valence-corrected chi connectivity index (χ3v) is 4.73. The molecule has 2 heterocycles. The second kappa shape index (κ2) is 9.78. The summed E-state index contributed by atoms with van der Waals surface area (Å²) in [6, 6.07) is 13.8. The summed E-state index contributed by atoms with van der Waals surface area (Å²) in [5.41, 5.74) is 3.31. The molecule has 154 valence electrons. The Morgan fingerprint density at radius 1 is 1.10 bits per heavy atom. The van der Waals surface area contributed by atoms with Gasteiger partial charge in [0.25, 0.3) is 5.91 Å². The van der Waals surface area contributed by atoms with Crippen molar-refractivity contribution in [2.45, 2.75) is 40.5 Å². The molecular weight excluding hydrogens is 374 g/mol. The van der Waals surface area contributed by atoms with Crippen molar-refractivity contribution < 1.29 is 4.79 Å². The molecule has 0 spiro atoms. The second-order valence-corrected chi connectivity index (χ2v) is 6.57. The van der Waals surface area contributed by atoms with Gasteiger partial charge in [-0.3, -0.25) is 9.36 Å². The van der Waals surface area contributed by atoms with Gasteiger partial charge in [0.1, 0.15) is 0 Å². The quantitative estimate of drug-likeness (QED) is 0.331. The standard InChI is InChI=1S/C22H21N5O.C2H6/c1-3-5-9-15(8-4-2)22(28)27-19-11-7-6-10-17(19)18-14-16(12-13-20(18)27)21-23-25-26-24-21;1-2/h4,6-14H,3,5H2,1-2H3,(H,23,24,25,26);1-2H3/b8-4-,15-9+;. The number of benzene rings is 2. The minimum Gasteiger partial charge on any atom is -0.276 e. The first-order valence-corrected chi connectivity index (χ1v) is 10.4. The number of H-pyrrole nitrogens is 1. The van der Waals surface area contributed by atoms with Crippen molar-refractivity contribution in [2.75, 3.05) is 0 Å². The highest BCUT2D eigenvalue weighted by atomic mass is 16.2. The summed E-state index contributed by atoms with van der Waals surface area (Å²) in [4.78, 5) is 13.4. The Hall–Kier alpha value is -3.54. The molecule has 0 saturated heterocycles. The van der Waals surface area contributed by atoms with Crippen molar-refractivity contribution >= 4 is 27.7 Å². The molecule has 0 aliphatic carbocycles. The van der Waals surface area contributed by atoms with Gasteiger partial charge < -0.3 is 0 Å². The van der Waals surface area contributed by atoms with E-state index in [1.54, 1.807) is 4.57 Å². The van der Waals surface area contributed by atoms with Crippen molar-refractivity contribution in [1.29, 1.82) is 0 Å². The summed E-state index contributed by atoms with van der Waals surface area (Å²) in [5, 5.41) is 16.2.